The maximum Gasteiger partial charge on any atom is 0.180 e. The monoisotopic (exact) mass is 231 g/mol. The molecule has 0 saturated carbocycles. The molecule has 0 atom stereocenters. The fourth-order valence-electron chi connectivity index (χ4n) is 2.34. The van der Waals surface area contributed by atoms with Crippen molar-refractivity contribution in [2.24, 2.45) is 7.05 Å². The molecule has 0 spiro atoms. The van der Waals surface area contributed by atoms with Crippen LogP contribution in [0.1, 0.15) is 23.3 Å². The second kappa shape index (κ2) is 3.67. The molecule has 0 aliphatic carbocycles. The minimum absolute atomic E-state index is 0.290. The fourth-order valence-corrected chi connectivity index (χ4v) is 3.55. The van der Waals surface area contributed by atoms with Gasteiger partial charge in [0.2, 0.25) is 0 Å². The highest BCUT2D eigenvalue weighted by molar-refractivity contribution is 7.99. The summed E-state index contributed by atoms with van der Waals surface area (Å²) < 4.78 is 2.05. The molecule has 1 aliphatic heterocycles. The lowest BCUT2D eigenvalue weighted by atomic mass is 10.2. The van der Waals surface area contributed by atoms with E-state index in [4.69, 9.17) is 0 Å². The normalized spacial score (nSPS) is 16.2. The molecule has 3 heteroatoms. The molecule has 1 aromatic heterocycles. The van der Waals surface area contributed by atoms with Crippen LogP contribution in [-0.2, 0) is 7.05 Å². The quantitative estimate of drug-likeness (QED) is 0.694. The average Bonchev–Trinajstić information content (AvgIpc) is 2.46. The molecule has 0 fully saturated rings. The number of hydrogen-bond acceptors (Lipinski definition) is 2. The molecule has 0 radical (unpaired) electrons. The lowest BCUT2D eigenvalue weighted by Crippen LogP contribution is -2.05. The van der Waals surface area contributed by atoms with Crippen molar-refractivity contribution in [2.75, 3.05) is 5.75 Å². The van der Waals surface area contributed by atoms with Gasteiger partial charge in [-0.05, 0) is 18.2 Å². The van der Waals surface area contributed by atoms with Crippen LogP contribution in [0.4, 0.5) is 0 Å². The zero-order valence-electron chi connectivity index (χ0n) is 9.19. The summed E-state index contributed by atoms with van der Waals surface area (Å²) in [5.74, 6) is 1.34. The molecular formula is C13H13NOS. The SMILES string of the molecule is Cn1c2c(c3ccccc31)SCCCC2=O. The van der Waals surface area contributed by atoms with Crippen LogP contribution in [0.15, 0.2) is 29.2 Å². The molecule has 16 heavy (non-hydrogen) atoms. The summed E-state index contributed by atoms with van der Waals surface area (Å²) in [5, 5.41) is 1.22. The van der Waals surface area contributed by atoms with Gasteiger partial charge in [-0.15, -0.1) is 11.8 Å². The summed E-state index contributed by atoms with van der Waals surface area (Å²) in [7, 11) is 1.99. The Balaban J connectivity index is 2.38. The molecule has 2 nitrogen and oxygen atoms in total. The lowest BCUT2D eigenvalue weighted by Gasteiger charge is -2.01. The Morgan fingerprint density at radius 2 is 2.12 bits per heavy atom. The average molecular weight is 231 g/mol. The van der Waals surface area contributed by atoms with E-state index in [1.54, 1.807) is 0 Å². The van der Waals surface area contributed by atoms with Crippen molar-refractivity contribution in [3.05, 3.63) is 30.0 Å². The second-order valence-electron chi connectivity index (χ2n) is 4.13. The number of aromatic nitrogens is 1. The molecule has 0 bridgehead atoms. The summed E-state index contributed by atoms with van der Waals surface area (Å²) in [6, 6.07) is 8.26. The van der Waals surface area contributed by atoms with Crippen molar-refractivity contribution in [3.63, 3.8) is 0 Å². The van der Waals surface area contributed by atoms with E-state index < -0.39 is 0 Å². The van der Waals surface area contributed by atoms with Crippen LogP contribution in [0.3, 0.4) is 0 Å². The number of ketones is 1. The van der Waals surface area contributed by atoms with Crippen molar-refractivity contribution in [1.29, 1.82) is 0 Å². The van der Waals surface area contributed by atoms with Crippen molar-refractivity contribution >= 4 is 28.4 Å². The predicted molar refractivity (Wildman–Crippen MR) is 67.2 cm³/mol. The van der Waals surface area contributed by atoms with Crippen LogP contribution in [0.5, 0.6) is 0 Å². The van der Waals surface area contributed by atoms with E-state index in [1.165, 1.54) is 10.3 Å². The number of nitrogens with zero attached hydrogens (tertiary/aromatic N) is 1. The van der Waals surface area contributed by atoms with Gasteiger partial charge in [-0.25, -0.2) is 0 Å². The highest BCUT2D eigenvalue weighted by Crippen LogP contribution is 2.37. The highest BCUT2D eigenvalue weighted by Gasteiger charge is 2.23. The van der Waals surface area contributed by atoms with Gasteiger partial charge in [0.1, 0.15) is 0 Å². The van der Waals surface area contributed by atoms with Crippen molar-refractivity contribution in [2.45, 2.75) is 17.7 Å². The maximum atomic E-state index is 12.1. The zero-order valence-corrected chi connectivity index (χ0v) is 10.0. The maximum absolute atomic E-state index is 12.1. The van der Waals surface area contributed by atoms with E-state index in [1.807, 2.05) is 35.5 Å². The number of aryl methyl sites for hydroxylation is 1. The third-order valence-electron chi connectivity index (χ3n) is 3.12. The molecule has 1 aliphatic rings. The van der Waals surface area contributed by atoms with E-state index in [-0.39, 0.29) is 0 Å². The second-order valence-corrected chi connectivity index (χ2v) is 5.23. The van der Waals surface area contributed by atoms with E-state index >= 15 is 0 Å². The summed E-state index contributed by atoms with van der Waals surface area (Å²) in [4.78, 5) is 13.2. The molecule has 0 N–H and O–H groups in total. The van der Waals surface area contributed by atoms with Crippen molar-refractivity contribution in [3.8, 4) is 0 Å². The van der Waals surface area contributed by atoms with Gasteiger partial charge in [0.15, 0.2) is 5.78 Å². The first-order chi connectivity index (χ1) is 7.79. The summed E-state index contributed by atoms with van der Waals surface area (Å²) in [5.41, 5.74) is 2.07. The number of carbonyl (C=O) groups excluding carboxylic acids is 1. The zero-order chi connectivity index (χ0) is 11.1. The Kier molecular flexibility index (Phi) is 2.28. The molecule has 1 aromatic carbocycles. The Labute approximate surface area is 98.6 Å². The lowest BCUT2D eigenvalue weighted by molar-refractivity contribution is 0.0972. The standard InChI is InChI=1S/C13H13NOS/c1-14-10-6-3-2-5-9(10)13-12(14)11(15)7-4-8-16-13/h2-3,5-6H,4,7-8H2,1H3. The van der Waals surface area contributed by atoms with E-state index in [2.05, 4.69) is 12.1 Å². The van der Waals surface area contributed by atoms with E-state index in [0.717, 1.165) is 23.4 Å². The molecular weight excluding hydrogens is 218 g/mol. The van der Waals surface area contributed by atoms with Gasteiger partial charge in [0.25, 0.3) is 0 Å². The molecule has 3 rings (SSSR count). The third kappa shape index (κ3) is 1.31. The number of carbonyl (C=O) groups is 1. The number of rotatable bonds is 0. The Hall–Kier alpha value is -1.22. The first-order valence-corrected chi connectivity index (χ1v) is 6.51. The van der Waals surface area contributed by atoms with Gasteiger partial charge in [-0.1, -0.05) is 18.2 Å². The molecule has 82 valence electrons. The number of fused-ring (bicyclic) bond motifs is 3. The smallest absolute Gasteiger partial charge is 0.180 e. The summed E-state index contributed by atoms with van der Waals surface area (Å²) in [6.45, 7) is 0. The van der Waals surface area contributed by atoms with Crippen LogP contribution < -0.4 is 0 Å². The van der Waals surface area contributed by atoms with Gasteiger partial charge in [0.05, 0.1) is 5.69 Å². The number of Topliss-reactive ketones (excluding diaryl/α,β-unsaturated/α-hetero) is 1. The van der Waals surface area contributed by atoms with Crippen LogP contribution in [0.25, 0.3) is 10.9 Å². The van der Waals surface area contributed by atoms with Crippen molar-refractivity contribution < 1.29 is 4.79 Å². The largest absolute Gasteiger partial charge is 0.340 e. The van der Waals surface area contributed by atoms with Gasteiger partial charge < -0.3 is 4.57 Å². The predicted octanol–water partition coefficient (Wildman–Crippen LogP) is 3.25. The Morgan fingerprint density at radius 1 is 1.31 bits per heavy atom. The van der Waals surface area contributed by atoms with Gasteiger partial charge in [-0.3, -0.25) is 4.79 Å². The first kappa shape index (κ1) is 9.97. The Bertz CT molecular complexity index is 571. The van der Waals surface area contributed by atoms with Gasteiger partial charge in [-0.2, -0.15) is 0 Å². The summed E-state index contributed by atoms with van der Waals surface area (Å²) in [6.07, 6.45) is 1.68. The minimum atomic E-state index is 0.290. The highest BCUT2D eigenvalue weighted by atomic mass is 32.2. The van der Waals surface area contributed by atoms with Crippen LogP contribution in [-0.4, -0.2) is 16.1 Å². The molecule has 0 unspecified atom stereocenters. The fraction of sp³-hybridized carbons (Fsp3) is 0.308. The third-order valence-corrected chi connectivity index (χ3v) is 4.31. The van der Waals surface area contributed by atoms with E-state index in [9.17, 15) is 4.79 Å². The topological polar surface area (TPSA) is 22.0 Å². The summed E-state index contributed by atoms with van der Waals surface area (Å²) >= 11 is 1.82. The van der Waals surface area contributed by atoms with Crippen LogP contribution >= 0.6 is 11.8 Å². The first-order valence-electron chi connectivity index (χ1n) is 5.52. The number of thioether (sulfide) groups is 1. The number of hydrogen-bond donors (Lipinski definition) is 0. The minimum Gasteiger partial charge on any atom is -0.340 e. The van der Waals surface area contributed by atoms with Gasteiger partial charge in [0, 0.05) is 29.3 Å². The molecule has 2 heterocycles. The van der Waals surface area contributed by atoms with Gasteiger partial charge >= 0.3 is 0 Å². The van der Waals surface area contributed by atoms with E-state index in [0.29, 0.717) is 12.2 Å². The number of para-hydroxylation sites is 1. The van der Waals surface area contributed by atoms with Crippen LogP contribution in [0.2, 0.25) is 0 Å². The van der Waals surface area contributed by atoms with Crippen molar-refractivity contribution in [1.82, 2.24) is 4.57 Å². The van der Waals surface area contributed by atoms with Crippen LogP contribution in [0, 0.1) is 0 Å². The molecule has 2 aromatic rings. The number of benzene rings is 1. The molecule has 0 saturated heterocycles. The molecule has 0 amide bonds. The Morgan fingerprint density at radius 3 is 3.00 bits per heavy atom.